The third kappa shape index (κ3) is 5.30. The van der Waals surface area contributed by atoms with Crippen LogP contribution in [-0.2, 0) is 6.61 Å². The summed E-state index contributed by atoms with van der Waals surface area (Å²) >= 11 is 21.8. The average molecular weight is 524 g/mol. The standard InChI is InChI=1S/C23H15BrCl3NO2/c1-29-22-10-14(8-17(12-28)15-6-7-20(26)21(27)11-15)9-18(24)23(22)30-13-16-4-2-3-5-19(16)25/h2-11H,13H2,1H3/b17-8-. The summed E-state index contributed by atoms with van der Waals surface area (Å²) < 4.78 is 12.1. The molecule has 0 atom stereocenters. The highest BCUT2D eigenvalue weighted by Crippen LogP contribution is 2.38. The van der Waals surface area contributed by atoms with E-state index in [-0.39, 0.29) is 6.61 Å². The van der Waals surface area contributed by atoms with Gasteiger partial charge >= 0.3 is 0 Å². The van der Waals surface area contributed by atoms with E-state index < -0.39 is 0 Å². The zero-order valence-electron chi connectivity index (χ0n) is 15.8. The van der Waals surface area contributed by atoms with Crippen LogP contribution in [0, 0.1) is 11.3 Å². The van der Waals surface area contributed by atoms with E-state index in [2.05, 4.69) is 22.0 Å². The zero-order valence-corrected chi connectivity index (χ0v) is 19.6. The summed E-state index contributed by atoms with van der Waals surface area (Å²) in [6.07, 6.45) is 1.74. The van der Waals surface area contributed by atoms with E-state index in [9.17, 15) is 5.26 Å². The van der Waals surface area contributed by atoms with E-state index in [1.165, 1.54) is 0 Å². The van der Waals surface area contributed by atoms with Crippen molar-refractivity contribution < 1.29 is 9.47 Å². The minimum atomic E-state index is 0.288. The maximum atomic E-state index is 9.61. The van der Waals surface area contributed by atoms with E-state index in [0.717, 1.165) is 11.1 Å². The summed E-state index contributed by atoms with van der Waals surface area (Å²) in [5.41, 5.74) is 2.73. The second-order valence-electron chi connectivity index (χ2n) is 6.21. The Hall–Kier alpha value is -2.16. The molecule has 0 N–H and O–H groups in total. The maximum absolute atomic E-state index is 9.61. The molecule has 3 rings (SSSR count). The molecular weight excluding hydrogens is 509 g/mol. The molecule has 0 aliphatic rings. The Labute approximate surface area is 198 Å². The third-order valence-electron chi connectivity index (χ3n) is 4.24. The van der Waals surface area contributed by atoms with Crippen LogP contribution >= 0.6 is 50.7 Å². The number of nitrogens with zero attached hydrogens (tertiary/aromatic N) is 1. The Bertz CT molecular complexity index is 1160. The molecule has 0 aliphatic heterocycles. The monoisotopic (exact) mass is 521 g/mol. The smallest absolute Gasteiger partial charge is 0.175 e. The topological polar surface area (TPSA) is 42.2 Å². The van der Waals surface area contributed by atoms with Crippen LogP contribution in [0.15, 0.2) is 59.1 Å². The molecule has 3 aromatic rings. The molecular formula is C23H15BrCl3NO2. The molecule has 0 fully saturated rings. The van der Waals surface area contributed by atoms with Gasteiger partial charge in [-0.15, -0.1) is 0 Å². The van der Waals surface area contributed by atoms with Gasteiger partial charge in [-0.05, 0) is 63.5 Å². The maximum Gasteiger partial charge on any atom is 0.175 e. The fourth-order valence-corrected chi connectivity index (χ4v) is 3.80. The van der Waals surface area contributed by atoms with Crippen molar-refractivity contribution in [2.75, 3.05) is 7.11 Å². The number of allylic oxidation sites excluding steroid dienone is 1. The number of ether oxygens (including phenoxy) is 2. The summed E-state index contributed by atoms with van der Waals surface area (Å²) in [7, 11) is 1.56. The van der Waals surface area contributed by atoms with Gasteiger partial charge in [0, 0.05) is 10.6 Å². The summed E-state index contributed by atoms with van der Waals surface area (Å²) in [5.74, 6) is 1.07. The predicted octanol–water partition coefficient (Wildman–Crippen LogP) is 8.06. The van der Waals surface area contributed by atoms with Gasteiger partial charge in [0.15, 0.2) is 11.5 Å². The minimum absolute atomic E-state index is 0.288. The third-order valence-corrected chi connectivity index (χ3v) is 5.94. The summed E-state index contributed by atoms with van der Waals surface area (Å²) in [6, 6.07) is 18.4. The van der Waals surface area contributed by atoms with Crippen LogP contribution in [-0.4, -0.2) is 7.11 Å². The molecule has 7 heteroatoms. The Morgan fingerprint density at radius 3 is 2.47 bits per heavy atom. The van der Waals surface area contributed by atoms with Gasteiger partial charge in [-0.1, -0.05) is 59.1 Å². The van der Waals surface area contributed by atoms with Crippen molar-refractivity contribution in [3.63, 3.8) is 0 Å². The van der Waals surface area contributed by atoms with Gasteiger partial charge in [0.25, 0.3) is 0 Å². The summed E-state index contributed by atoms with van der Waals surface area (Å²) in [6.45, 7) is 0.288. The Morgan fingerprint density at radius 2 is 1.80 bits per heavy atom. The van der Waals surface area contributed by atoms with Crippen LogP contribution in [0.2, 0.25) is 15.1 Å². The first kappa shape index (κ1) is 22.5. The van der Waals surface area contributed by atoms with Crippen LogP contribution in [0.25, 0.3) is 11.6 Å². The molecule has 0 unspecified atom stereocenters. The second kappa shape index (κ2) is 10.2. The lowest BCUT2D eigenvalue weighted by Crippen LogP contribution is -1.99. The van der Waals surface area contributed by atoms with E-state index in [1.807, 2.05) is 30.3 Å². The van der Waals surface area contributed by atoms with Crippen molar-refractivity contribution in [3.8, 4) is 17.6 Å². The van der Waals surface area contributed by atoms with E-state index in [0.29, 0.717) is 42.2 Å². The van der Waals surface area contributed by atoms with Gasteiger partial charge in [0.2, 0.25) is 0 Å². The van der Waals surface area contributed by atoms with Crippen LogP contribution < -0.4 is 9.47 Å². The Kier molecular flexibility index (Phi) is 7.69. The zero-order chi connectivity index (χ0) is 21.7. The molecule has 0 bridgehead atoms. The first-order valence-corrected chi connectivity index (χ1v) is 10.7. The Balaban J connectivity index is 1.92. The van der Waals surface area contributed by atoms with Gasteiger partial charge in [-0.2, -0.15) is 5.26 Å². The average Bonchev–Trinajstić information content (AvgIpc) is 2.74. The van der Waals surface area contributed by atoms with Crippen molar-refractivity contribution >= 4 is 62.4 Å². The number of hydrogen-bond acceptors (Lipinski definition) is 3. The molecule has 0 saturated carbocycles. The Morgan fingerprint density at radius 1 is 1.03 bits per heavy atom. The number of methoxy groups -OCH3 is 1. The van der Waals surface area contributed by atoms with Gasteiger partial charge in [0.05, 0.1) is 33.3 Å². The first-order valence-electron chi connectivity index (χ1n) is 8.74. The number of halogens is 4. The lowest BCUT2D eigenvalue weighted by atomic mass is 10.0. The summed E-state index contributed by atoms with van der Waals surface area (Å²) in [5, 5.41) is 11.1. The SMILES string of the molecule is COc1cc(/C=C(/C#N)c2ccc(Cl)c(Cl)c2)cc(Br)c1OCc1ccccc1Cl. The van der Waals surface area contributed by atoms with Crippen LogP contribution in [0.3, 0.4) is 0 Å². The number of nitriles is 1. The van der Waals surface area contributed by atoms with Crippen molar-refractivity contribution in [2.24, 2.45) is 0 Å². The van der Waals surface area contributed by atoms with Crippen LogP contribution in [0.1, 0.15) is 16.7 Å². The molecule has 0 radical (unpaired) electrons. The number of benzene rings is 3. The highest BCUT2D eigenvalue weighted by atomic mass is 79.9. The first-order chi connectivity index (χ1) is 14.4. The normalized spacial score (nSPS) is 11.1. The molecule has 3 nitrogen and oxygen atoms in total. The van der Waals surface area contributed by atoms with Gasteiger partial charge in [-0.3, -0.25) is 0 Å². The predicted molar refractivity (Wildman–Crippen MR) is 126 cm³/mol. The molecule has 0 heterocycles. The molecule has 30 heavy (non-hydrogen) atoms. The minimum Gasteiger partial charge on any atom is -0.493 e. The van der Waals surface area contributed by atoms with Crippen molar-refractivity contribution in [3.05, 3.63) is 90.8 Å². The van der Waals surface area contributed by atoms with E-state index in [4.69, 9.17) is 44.3 Å². The highest BCUT2D eigenvalue weighted by Gasteiger charge is 2.13. The summed E-state index contributed by atoms with van der Waals surface area (Å²) in [4.78, 5) is 0. The number of rotatable bonds is 6. The molecule has 152 valence electrons. The largest absolute Gasteiger partial charge is 0.493 e. The highest BCUT2D eigenvalue weighted by molar-refractivity contribution is 9.10. The second-order valence-corrected chi connectivity index (χ2v) is 8.29. The molecule has 0 spiro atoms. The molecule has 0 amide bonds. The van der Waals surface area contributed by atoms with Crippen LogP contribution in [0.5, 0.6) is 11.5 Å². The number of hydrogen-bond donors (Lipinski definition) is 0. The van der Waals surface area contributed by atoms with Crippen LogP contribution in [0.4, 0.5) is 0 Å². The van der Waals surface area contributed by atoms with Gasteiger partial charge in [-0.25, -0.2) is 0 Å². The fraction of sp³-hybridized carbons (Fsp3) is 0.0870. The lowest BCUT2D eigenvalue weighted by molar-refractivity contribution is 0.282. The van der Waals surface area contributed by atoms with Gasteiger partial charge in [0.1, 0.15) is 6.61 Å². The lowest BCUT2D eigenvalue weighted by Gasteiger charge is -2.14. The molecule has 0 aliphatic carbocycles. The quantitative estimate of drug-likeness (QED) is 0.242. The van der Waals surface area contributed by atoms with E-state index in [1.54, 1.807) is 37.5 Å². The van der Waals surface area contributed by atoms with Crippen molar-refractivity contribution in [1.29, 1.82) is 5.26 Å². The van der Waals surface area contributed by atoms with Gasteiger partial charge < -0.3 is 9.47 Å². The van der Waals surface area contributed by atoms with E-state index >= 15 is 0 Å². The van der Waals surface area contributed by atoms with Crippen molar-refractivity contribution in [2.45, 2.75) is 6.61 Å². The molecule has 0 saturated heterocycles. The molecule has 0 aromatic heterocycles. The van der Waals surface area contributed by atoms with Crippen molar-refractivity contribution in [1.82, 2.24) is 0 Å². The molecule has 3 aromatic carbocycles. The fourth-order valence-electron chi connectivity index (χ4n) is 2.74.